The fourth-order valence-corrected chi connectivity index (χ4v) is 2.98. The van der Waals surface area contributed by atoms with Gasteiger partial charge in [0.05, 0.1) is 18.1 Å². The highest BCUT2D eigenvalue weighted by Crippen LogP contribution is 2.51. The summed E-state index contributed by atoms with van der Waals surface area (Å²) in [5.41, 5.74) is 1.65. The number of carbonyl (C=O) groups is 1. The molecule has 0 fully saturated rings. The first-order valence-electron chi connectivity index (χ1n) is 6.83. The second-order valence-corrected chi connectivity index (χ2v) is 5.71. The van der Waals surface area contributed by atoms with Crippen molar-refractivity contribution in [2.24, 2.45) is 5.92 Å². The molecule has 2 N–H and O–H groups in total. The fraction of sp³-hybridized carbons (Fsp3) is 0.533. The van der Waals surface area contributed by atoms with Gasteiger partial charge in [0.25, 0.3) is 0 Å². The van der Waals surface area contributed by atoms with Crippen LogP contribution in [0.15, 0.2) is 0 Å². The molecule has 0 saturated heterocycles. The van der Waals surface area contributed by atoms with E-state index in [2.05, 4.69) is 0 Å². The van der Waals surface area contributed by atoms with Crippen LogP contribution in [0.2, 0.25) is 0 Å². The van der Waals surface area contributed by atoms with Gasteiger partial charge in [-0.2, -0.15) is 0 Å². The van der Waals surface area contributed by atoms with Gasteiger partial charge in [0, 0.05) is 17.5 Å². The third kappa shape index (κ3) is 1.69. The van der Waals surface area contributed by atoms with Crippen molar-refractivity contribution in [1.29, 1.82) is 0 Å². The molecule has 0 aliphatic carbocycles. The van der Waals surface area contributed by atoms with Crippen molar-refractivity contribution in [1.82, 2.24) is 0 Å². The number of hydrogen-bond donors (Lipinski definition) is 2. The Hall–Kier alpha value is -1.75. The molecule has 0 spiro atoms. The first-order valence-corrected chi connectivity index (χ1v) is 6.83. The molecular weight excluding hydrogens is 260 g/mol. The van der Waals surface area contributed by atoms with Crippen molar-refractivity contribution in [2.45, 2.75) is 39.4 Å². The number of carbonyl (C=O) groups excluding carboxylic acids is 1. The van der Waals surface area contributed by atoms with Crippen LogP contribution in [-0.2, 0) is 0 Å². The van der Waals surface area contributed by atoms with Crippen molar-refractivity contribution in [3.05, 3.63) is 16.7 Å². The Morgan fingerprint density at radius 3 is 2.60 bits per heavy atom. The molecule has 0 aromatic heterocycles. The van der Waals surface area contributed by atoms with Gasteiger partial charge in [-0.15, -0.1) is 0 Å². The lowest BCUT2D eigenvalue weighted by Crippen LogP contribution is -2.31. The van der Waals surface area contributed by atoms with E-state index in [1.54, 1.807) is 6.92 Å². The van der Waals surface area contributed by atoms with E-state index in [0.717, 1.165) is 0 Å². The van der Waals surface area contributed by atoms with Gasteiger partial charge < -0.3 is 19.7 Å². The van der Waals surface area contributed by atoms with Crippen molar-refractivity contribution < 1.29 is 24.5 Å². The van der Waals surface area contributed by atoms with E-state index in [1.807, 2.05) is 13.8 Å². The number of ether oxygens (including phenoxy) is 2. The highest BCUT2D eigenvalue weighted by Gasteiger charge is 2.38. The van der Waals surface area contributed by atoms with Gasteiger partial charge in [-0.3, -0.25) is 4.79 Å². The van der Waals surface area contributed by atoms with E-state index in [1.165, 1.54) is 0 Å². The standard InChI is InChI=1S/C15H18O5/c1-6-4-9(16)20-15-10(6)11-12(17)7(2)5-19-14(11)8(3)13(15)18/h6-7,9,16,18H,4-5H2,1-3H3/t6-,7-,9-/m1/s1. The number of phenols is 1. The third-order valence-electron chi connectivity index (χ3n) is 4.13. The van der Waals surface area contributed by atoms with E-state index in [4.69, 9.17) is 9.47 Å². The van der Waals surface area contributed by atoms with Crippen LogP contribution in [0.4, 0.5) is 0 Å². The van der Waals surface area contributed by atoms with Crippen molar-refractivity contribution in [2.75, 3.05) is 6.61 Å². The molecule has 5 nitrogen and oxygen atoms in total. The Morgan fingerprint density at radius 2 is 1.90 bits per heavy atom. The van der Waals surface area contributed by atoms with Gasteiger partial charge in [0.1, 0.15) is 5.75 Å². The van der Waals surface area contributed by atoms with E-state index in [0.29, 0.717) is 35.5 Å². The topological polar surface area (TPSA) is 76.0 Å². The van der Waals surface area contributed by atoms with Crippen molar-refractivity contribution in [3.8, 4) is 17.2 Å². The Balaban J connectivity index is 2.32. The van der Waals surface area contributed by atoms with Crippen LogP contribution in [0.3, 0.4) is 0 Å². The Kier molecular flexibility index (Phi) is 2.90. The lowest BCUT2D eigenvalue weighted by Gasteiger charge is -2.34. The van der Waals surface area contributed by atoms with E-state index in [9.17, 15) is 15.0 Å². The minimum Gasteiger partial charge on any atom is -0.504 e. The summed E-state index contributed by atoms with van der Waals surface area (Å²) in [4.78, 5) is 12.5. The summed E-state index contributed by atoms with van der Waals surface area (Å²) in [7, 11) is 0. The van der Waals surface area contributed by atoms with Gasteiger partial charge in [-0.1, -0.05) is 13.8 Å². The maximum Gasteiger partial charge on any atom is 0.198 e. The zero-order chi connectivity index (χ0) is 14.6. The summed E-state index contributed by atoms with van der Waals surface area (Å²) in [5.74, 6) is 0.348. The molecule has 0 amide bonds. The maximum absolute atomic E-state index is 12.5. The normalized spacial score (nSPS) is 28.2. The van der Waals surface area contributed by atoms with Crippen LogP contribution >= 0.6 is 0 Å². The molecule has 2 aliphatic heterocycles. The molecule has 0 radical (unpaired) electrons. The van der Waals surface area contributed by atoms with Crippen molar-refractivity contribution in [3.63, 3.8) is 0 Å². The number of aliphatic hydroxyl groups excluding tert-OH is 1. The molecule has 108 valence electrons. The summed E-state index contributed by atoms with van der Waals surface area (Å²) >= 11 is 0. The van der Waals surface area contributed by atoms with Gasteiger partial charge in [-0.05, 0) is 12.8 Å². The monoisotopic (exact) mass is 278 g/mol. The number of fused-ring (bicyclic) bond motifs is 3. The molecule has 0 saturated carbocycles. The molecule has 5 heteroatoms. The van der Waals surface area contributed by atoms with Crippen LogP contribution < -0.4 is 9.47 Å². The SMILES string of the molecule is Cc1c(O)c2c(c3c1OC[C@@H](C)C3=O)[C@H](C)C[C@H](O)O2. The minimum absolute atomic E-state index is 0.0115. The molecule has 2 heterocycles. The largest absolute Gasteiger partial charge is 0.504 e. The maximum atomic E-state index is 12.5. The van der Waals surface area contributed by atoms with Crippen LogP contribution in [0, 0.1) is 12.8 Å². The zero-order valence-electron chi connectivity index (χ0n) is 11.8. The number of ketones is 1. The number of rotatable bonds is 0. The minimum atomic E-state index is -0.960. The molecule has 2 aliphatic rings. The number of aromatic hydroxyl groups is 1. The number of Topliss-reactive ketones (excluding diaryl/α,β-unsaturated/α-hetero) is 1. The molecular formula is C15H18O5. The summed E-state index contributed by atoms with van der Waals surface area (Å²) in [6.45, 7) is 5.74. The third-order valence-corrected chi connectivity index (χ3v) is 4.13. The van der Waals surface area contributed by atoms with Crippen LogP contribution in [-0.4, -0.2) is 28.9 Å². The van der Waals surface area contributed by atoms with E-state index in [-0.39, 0.29) is 29.1 Å². The summed E-state index contributed by atoms with van der Waals surface area (Å²) in [6, 6.07) is 0. The number of aliphatic hydroxyl groups is 1. The van der Waals surface area contributed by atoms with Crippen LogP contribution in [0.25, 0.3) is 0 Å². The average molecular weight is 278 g/mol. The lowest BCUT2D eigenvalue weighted by atomic mass is 9.82. The van der Waals surface area contributed by atoms with Crippen LogP contribution in [0.5, 0.6) is 17.2 Å². The summed E-state index contributed by atoms with van der Waals surface area (Å²) in [5, 5.41) is 20.0. The Bertz CT molecular complexity index is 593. The van der Waals surface area contributed by atoms with E-state index >= 15 is 0 Å². The number of hydrogen-bond acceptors (Lipinski definition) is 5. The van der Waals surface area contributed by atoms with Crippen LogP contribution in [0.1, 0.15) is 47.7 Å². The van der Waals surface area contributed by atoms with Gasteiger partial charge in [0.2, 0.25) is 0 Å². The molecule has 3 atom stereocenters. The molecule has 1 aromatic carbocycles. The summed E-state index contributed by atoms with van der Waals surface area (Å²) < 4.78 is 11.0. The first kappa shape index (κ1) is 13.2. The predicted molar refractivity (Wildman–Crippen MR) is 71.5 cm³/mol. The van der Waals surface area contributed by atoms with E-state index < -0.39 is 6.29 Å². The highest BCUT2D eigenvalue weighted by atomic mass is 16.6. The Labute approximate surface area is 117 Å². The van der Waals surface area contributed by atoms with Crippen molar-refractivity contribution >= 4 is 5.78 Å². The zero-order valence-corrected chi connectivity index (χ0v) is 11.8. The Morgan fingerprint density at radius 1 is 1.20 bits per heavy atom. The smallest absolute Gasteiger partial charge is 0.198 e. The number of benzene rings is 1. The summed E-state index contributed by atoms with van der Waals surface area (Å²) in [6.07, 6.45) is -0.568. The predicted octanol–water partition coefficient (Wildman–Crippen LogP) is 2.12. The second-order valence-electron chi connectivity index (χ2n) is 5.71. The molecule has 0 bridgehead atoms. The molecule has 0 unspecified atom stereocenters. The molecule has 1 aromatic rings. The number of phenolic OH excluding ortho intramolecular Hbond substituents is 1. The van der Waals surface area contributed by atoms with Gasteiger partial charge >= 0.3 is 0 Å². The van der Waals surface area contributed by atoms with Gasteiger partial charge in [0.15, 0.2) is 23.6 Å². The molecule has 20 heavy (non-hydrogen) atoms. The quantitative estimate of drug-likeness (QED) is 0.760. The second kappa shape index (κ2) is 4.38. The lowest BCUT2D eigenvalue weighted by molar-refractivity contribution is -0.0396. The fourth-order valence-electron chi connectivity index (χ4n) is 2.98. The average Bonchev–Trinajstić information content (AvgIpc) is 2.39. The highest BCUT2D eigenvalue weighted by molar-refractivity contribution is 6.04. The van der Waals surface area contributed by atoms with Gasteiger partial charge in [-0.25, -0.2) is 0 Å². The molecule has 3 rings (SSSR count). The first-order chi connectivity index (χ1) is 9.41.